The lowest BCUT2D eigenvalue weighted by molar-refractivity contribution is -0.677. The van der Waals surface area contributed by atoms with Crippen molar-refractivity contribution in [1.29, 1.82) is 0 Å². The van der Waals surface area contributed by atoms with Gasteiger partial charge in [-0.25, -0.2) is 9.36 Å². The van der Waals surface area contributed by atoms with Crippen molar-refractivity contribution in [2.75, 3.05) is 29.4 Å². The van der Waals surface area contributed by atoms with Gasteiger partial charge in [0.05, 0.1) is 19.1 Å². The van der Waals surface area contributed by atoms with E-state index in [-0.39, 0.29) is 12.1 Å². The van der Waals surface area contributed by atoms with Crippen LogP contribution in [-0.2, 0) is 17.8 Å². The lowest BCUT2D eigenvalue weighted by atomic mass is 10.1. The number of ether oxygens (including phenoxy) is 1. The van der Waals surface area contributed by atoms with E-state index in [1.54, 1.807) is 0 Å². The van der Waals surface area contributed by atoms with E-state index in [2.05, 4.69) is 28.2 Å². The van der Waals surface area contributed by atoms with Crippen LogP contribution in [0.1, 0.15) is 59.4 Å². The van der Waals surface area contributed by atoms with Crippen LogP contribution in [0.5, 0.6) is 0 Å². The van der Waals surface area contributed by atoms with Crippen LogP contribution in [-0.4, -0.2) is 53.3 Å². The Balaban J connectivity index is 1.76. The van der Waals surface area contributed by atoms with E-state index in [9.17, 15) is 4.79 Å². The molecule has 0 bridgehead atoms. The normalized spacial score (nSPS) is 24.0. The molecule has 1 aromatic rings. The smallest absolute Gasteiger partial charge is 0.410 e. The summed E-state index contributed by atoms with van der Waals surface area (Å²) in [6.07, 6.45) is 5.15. The number of carbonyl (C=O) groups excluding carboxylic acids is 1. The number of carbonyl (C=O) groups is 1. The highest BCUT2D eigenvalue weighted by molar-refractivity contribution is 5.71. The molecule has 1 aromatic heterocycles. The van der Waals surface area contributed by atoms with Crippen molar-refractivity contribution in [2.45, 2.75) is 84.7 Å². The first-order chi connectivity index (χ1) is 13.3. The number of anilines is 2. The maximum Gasteiger partial charge on any atom is 0.410 e. The third kappa shape index (κ3) is 3.29. The Kier molecular flexibility index (Phi) is 4.88. The summed E-state index contributed by atoms with van der Waals surface area (Å²) in [6.45, 7) is 14.4. The van der Waals surface area contributed by atoms with E-state index >= 15 is 0 Å². The van der Waals surface area contributed by atoms with Gasteiger partial charge in [0.1, 0.15) is 23.8 Å². The molecule has 3 aliphatic rings. The van der Waals surface area contributed by atoms with Gasteiger partial charge < -0.3 is 9.64 Å². The summed E-state index contributed by atoms with van der Waals surface area (Å²) in [5.74, 6) is 2.29. The molecule has 0 spiro atoms. The van der Waals surface area contributed by atoms with E-state index in [4.69, 9.17) is 9.72 Å². The Morgan fingerprint density at radius 2 is 2.14 bits per heavy atom. The SMILES string of the molecule is CC[C@@H]1CN(CC)c2nc[n+]3c(c2CN1C(=O)OC(C)(C)C)N1CCC[C@@H]1C3. The first kappa shape index (κ1) is 19.3. The molecule has 3 aliphatic heterocycles. The molecule has 2 atom stereocenters. The molecule has 1 saturated heterocycles. The first-order valence-corrected chi connectivity index (χ1v) is 10.7. The van der Waals surface area contributed by atoms with Crippen LogP contribution < -0.4 is 14.4 Å². The third-order valence-electron chi connectivity index (χ3n) is 6.17. The average Bonchev–Trinajstić information content (AvgIpc) is 3.16. The zero-order chi connectivity index (χ0) is 20.1. The molecule has 0 aromatic carbocycles. The molecule has 0 radical (unpaired) electrons. The van der Waals surface area contributed by atoms with Crippen LogP contribution in [0.25, 0.3) is 0 Å². The fourth-order valence-electron chi connectivity index (χ4n) is 4.85. The molecule has 0 unspecified atom stereocenters. The van der Waals surface area contributed by atoms with Gasteiger partial charge in [-0.2, -0.15) is 0 Å². The fraction of sp³-hybridized carbons (Fsp3) is 0.762. The molecule has 1 fully saturated rings. The van der Waals surface area contributed by atoms with Gasteiger partial charge in [0.2, 0.25) is 18.0 Å². The van der Waals surface area contributed by atoms with Crippen molar-refractivity contribution in [1.82, 2.24) is 9.88 Å². The zero-order valence-corrected chi connectivity index (χ0v) is 17.9. The summed E-state index contributed by atoms with van der Waals surface area (Å²) in [7, 11) is 0. The number of aromatic nitrogens is 2. The summed E-state index contributed by atoms with van der Waals surface area (Å²) >= 11 is 0. The highest BCUT2D eigenvalue weighted by atomic mass is 16.6. The topological polar surface area (TPSA) is 52.8 Å². The van der Waals surface area contributed by atoms with Crippen LogP contribution in [0.2, 0.25) is 0 Å². The van der Waals surface area contributed by atoms with Gasteiger partial charge in [-0.1, -0.05) is 11.9 Å². The van der Waals surface area contributed by atoms with Gasteiger partial charge in [0, 0.05) is 13.1 Å². The van der Waals surface area contributed by atoms with Crippen LogP contribution in [0, 0.1) is 0 Å². The maximum absolute atomic E-state index is 13.1. The van der Waals surface area contributed by atoms with Crippen LogP contribution in [0.15, 0.2) is 6.33 Å². The molecule has 7 heteroatoms. The predicted octanol–water partition coefficient (Wildman–Crippen LogP) is 2.71. The number of amides is 1. The minimum atomic E-state index is -0.499. The van der Waals surface area contributed by atoms with Gasteiger partial charge in [-0.15, -0.1) is 0 Å². The number of fused-ring (bicyclic) bond motifs is 5. The predicted molar refractivity (Wildman–Crippen MR) is 109 cm³/mol. The van der Waals surface area contributed by atoms with Gasteiger partial charge in [-0.3, -0.25) is 9.80 Å². The van der Waals surface area contributed by atoms with Gasteiger partial charge in [0.15, 0.2) is 0 Å². The number of hydrogen-bond acceptors (Lipinski definition) is 5. The maximum atomic E-state index is 13.1. The molecular formula is C21H34N5O2+. The molecule has 7 nitrogen and oxygen atoms in total. The molecule has 4 heterocycles. The number of likely N-dealkylation sites (N-methyl/N-ethyl adjacent to an activating group) is 1. The molecular weight excluding hydrogens is 354 g/mol. The Morgan fingerprint density at radius 3 is 2.82 bits per heavy atom. The Labute approximate surface area is 168 Å². The molecule has 154 valence electrons. The van der Waals surface area contributed by atoms with Gasteiger partial charge in [0.25, 0.3) is 0 Å². The van der Waals surface area contributed by atoms with Crippen molar-refractivity contribution in [3.8, 4) is 0 Å². The molecule has 4 rings (SSSR count). The van der Waals surface area contributed by atoms with E-state index in [0.29, 0.717) is 12.6 Å². The lowest BCUT2D eigenvalue weighted by Gasteiger charge is -2.32. The van der Waals surface area contributed by atoms with E-state index < -0.39 is 5.60 Å². The Hall–Kier alpha value is -2.05. The van der Waals surface area contributed by atoms with Gasteiger partial charge >= 0.3 is 6.09 Å². The minimum Gasteiger partial charge on any atom is -0.444 e. The standard InChI is InChI=1S/C21H34N5O2/c1-6-15-11-23(7-2)18-17(13-26(15)20(27)28-21(3,4)5)19-24(14-22-18)12-16-9-8-10-25(16)19/h14-16H,6-13H2,1-5H3/q+1/t15-,16-/m1/s1. The highest BCUT2D eigenvalue weighted by Gasteiger charge is 2.45. The monoisotopic (exact) mass is 388 g/mol. The number of hydrogen-bond donors (Lipinski definition) is 0. The summed E-state index contributed by atoms with van der Waals surface area (Å²) in [4.78, 5) is 24.8. The molecule has 0 aliphatic carbocycles. The lowest BCUT2D eigenvalue weighted by Crippen LogP contribution is -2.46. The van der Waals surface area contributed by atoms with Crippen molar-refractivity contribution >= 4 is 17.7 Å². The zero-order valence-electron chi connectivity index (χ0n) is 17.9. The molecule has 28 heavy (non-hydrogen) atoms. The number of nitrogens with zero attached hydrogens (tertiary/aromatic N) is 5. The molecule has 0 N–H and O–H groups in total. The minimum absolute atomic E-state index is 0.112. The van der Waals surface area contributed by atoms with E-state index in [0.717, 1.165) is 38.4 Å². The van der Waals surface area contributed by atoms with Gasteiger partial charge in [-0.05, 0) is 47.0 Å². The van der Waals surface area contributed by atoms with E-state index in [1.165, 1.54) is 24.2 Å². The fourth-order valence-corrected chi connectivity index (χ4v) is 4.85. The van der Waals surface area contributed by atoms with Crippen LogP contribution >= 0.6 is 0 Å². The second-order valence-corrected chi connectivity index (χ2v) is 9.22. The quantitative estimate of drug-likeness (QED) is 0.729. The van der Waals surface area contributed by atoms with Crippen molar-refractivity contribution < 1.29 is 14.1 Å². The van der Waals surface area contributed by atoms with Crippen molar-refractivity contribution in [3.05, 3.63) is 11.9 Å². The summed E-state index contributed by atoms with van der Waals surface area (Å²) in [5, 5.41) is 0. The van der Waals surface area contributed by atoms with Crippen LogP contribution in [0.3, 0.4) is 0 Å². The summed E-state index contributed by atoms with van der Waals surface area (Å²) < 4.78 is 8.07. The third-order valence-corrected chi connectivity index (χ3v) is 6.17. The Morgan fingerprint density at radius 1 is 1.36 bits per heavy atom. The first-order valence-electron chi connectivity index (χ1n) is 10.7. The largest absolute Gasteiger partial charge is 0.444 e. The second-order valence-electron chi connectivity index (χ2n) is 9.22. The molecule has 0 saturated carbocycles. The highest BCUT2D eigenvalue weighted by Crippen LogP contribution is 2.37. The summed E-state index contributed by atoms with van der Waals surface area (Å²) in [6, 6.07) is 0.684. The van der Waals surface area contributed by atoms with Crippen molar-refractivity contribution in [3.63, 3.8) is 0 Å². The van der Waals surface area contributed by atoms with E-state index in [1.807, 2.05) is 32.0 Å². The van der Waals surface area contributed by atoms with Crippen molar-refractivity contribution in [2.24, 2.45) is 0 Å². The average molecular weight is 389 g/mol. The summed E-state index contributed by atoms with van der Waals surface area (Å²) in [5.41, 5.74) is 0.677. The second kappa shape index (κ2) is 7.08. The Bertz CT molecular complexity index is 760. The number of rotatable bonds is 2. The molecule has 1 amide bonds. The van der Waals surface area contributed by atoms with Crippen LogP contribution in [0.4, 0.5) is 16.4 Å².